The largest absolute Gasteiger partial charge is 0.138 e. The minimum absolute atomic E-state index is 0.912. The van der Waals surface area contributed by atoms with Crippen molar-refractivity contribution in [3.05, 3.63) is 22.4 Å². The Balaban J connectivity index is 2.35. The van der Waals surface area contributed by atoms with E-state index in [4.69, 9.17) is 0 Å². The predicted octanol–water partition coefficient (Wildman–Crippen LogP) is 3.16. The molecule has 2 rings (SSSR count). The first-order valence-electron chi connectivity index (χ1n) is 3.32. The molecule has 0 spiro atoms. The van der Waals surface area contributed by atoms with Crippen LogP contribution in [0.3, 0.4) is 0 Å². The molecule has 12 heavy (non-hydrogen) atoms. The zero-order valence-electron chi connectivity index (χ0n) is 6.03. The highest BCUT2D eigenvalue weighted by molar-refractivity contribution is 9.08. The summed E-state index contributed by atoms with van der Waals surface area (Å²) < 4.78 is 3.82. The fourth-order valence-electron chi connectivity index (χ4n) is 0.859. The van der Waals surface area contributed by atoms with Gasteiger partial charge in [-0.25, -0.2) is 0 Å². The van der Waals surface area contributed by atoms with Crippen LogP contribution in [-0.4, -0.2) is 9.59 Å². The van der Waals surface area contributed by atoms with Crippen molar-refractivity contribution in [1.29, 1.82) is 0 Å². The maximum Gasteiger partial charge on any atom is 0.115 e. The number of hydrogen-bond donors (Lipinski definition) is 0. The third kappa shape index (κ3) is 1.57. The van der Waals surface area contributed by atoms with Gasteiger partial charge in [0.15, 0.2) is 0 Å². The van der Waals surface area contributed by atoms with E-state index in [2.05, 4.69) is 37.6 Å². The summed E-state index contributed by atoms with van der Waals surface area (Å²) >= 11 is 6.54. The smallest absolute Gasteiger partial charge is 0.115 e. The molecular weight excluding hydrogens is 256 g/mol. The van der Waals surface area contributed by atoms with Crippen LogP contribution in [-0.2, 0) is 5.33 Å². The second kappa shape index (κ2) is 3.64. The van der Waals surface area contributed by atoms with Crippen molar-refractivity contribution < 1.29 is 0 Å². The summed E-state index contributed by atoms with van der Waals surface area (Å²) in [6.07, 6.45) is 0. The fraction of sp³-hybridized carbons (Fsp3) is 0.143. The van der Waals surface area contributed by atoms with Crippen LogP contribution >= 0.6 is 38.8 Å². The lowest BCUT2D eigenvalue weighted by Crippen LogP contribution is -1.69. The highest BCUT2D eigenvalue weighted by atomic mass is 79.9. The van der Waals surface area contributed by atoms with Crippen molar-refractivity contribution in [2.24, 2.45) is 0 Å². The van der Waals surface area contributed by atoms with Crippen LogP contribution in [0.15, 0.2) is 17.5 Å². The Hall–Kier alpha value is -0.260. The maximum atomic E-state index is 4.00. The highest BCUT2D eigenvalue weighted by Crippen LogP contribution is 2.27. The number of rotatable bonds is 2. The predicted molar refractivity (Wildman–Crippen MR) is 55.9 cm³/mol. The monoisotopic (exact) mass is 260 g/mol. The Bertz CT molecular complexity index is 355. The van der Waals surface area contributed by atoms with Crippen molar-refractivity contribution in [1.82, 2.24) is 9.59 Å². The standard InChI is InChI=1S/C7H5BrN2S2/c8-3-5-1-2-7(12-5)6-4-11-10-9-6/h1-2,4H,3H2. The summed E-state index contributed by atoms with van der Waals surface area (Å²) in [5.74, 6) is 0. The molecule has 0 N–H and O–H groups in total. The molecule has 0 aliphatic heterocycles. The molecule has 2 nitrogen and oxygen atoms in total. The molecular formula is C7H5BrN2S2. The van der Waals surface area contributed by atoms with Crippen LogP contribution in [0.2, 0.25) is 0 Å². The Labute approximate surface area is 86.6 Å². The van der Waals surface area contributed by atoms with Crippen LogP contribution in [0, 0.1) is 0 Å². The third-order valence-corrected chi connectivity index (χ3v) is 3.99. The molecule has 2 aromatic rings. The van der Waals surface area contributed by atoms with Crippen LogP contribution in [0.4, 0.5) is 0 Å². The van der Waals surface area contributed by atoms with E-state index in [1.807, 2.05) is 5.38 Å². The van der Waals surface area contributed by atoms with Gasteiger partial charge in [0.1, 0.15) is 5.69 Å². The van der Waals surface area contributed by atoms with Gasteiger partial charge in [-0.2, -0.15) is 0 Å². The molecule has 0 atom stereocenters. The molecule has 62 valence electrons. The lowest BCUT2D eigenvalue weighted by Gasteiger charge is -1.85. The van der Waals surface area contributed by atoms with Crippen molar-refractivity contribution >= 4 is 38.8 Å². The molecule has 0 saturated heterocycles. The van der Waals surface area contributed by atoms with Crippen molar-refractivity contribution in [3.63, 3.8) is 0 Å². The molecule has 0 aromatic carbocycles. The van der Waals surface area contributed by atoms with Gasteiger partial charge >= 0.3 is 0 Å². The molecule has 5 heteroatoms. The first-order valence-corrected chi connectivity index (χ1v) is 6.09. The Morgan fingerprint density at radius 3 is 2.92 bits per heavy atom. The average molecular weight is 261 g/mol. The molecule has 0 saturated carbocycles. The second-order valence-electron chi connectivity index (χ2n) is 2.19. The average Bonchev–Trinajstić information content (AvgIpc) is 2.75. The summed E-state index contributed by atoms with van der Waals surface area (Å²) in [4.78, 5) is 2.51. The van der Waals surface area contributed by atoms with Gasteiger partial charge < -0.3 is 0 Å². The second-order valence-corrected chi connectivity index (χ2v) is 4.53. The molecule has 0 bridgehead atoms. The van der Waals surface area contributed by atoms with E-state index in [1.165, 1.54) is 21.3 Å². The summed E-state index contributed by atoms with van der Waals surface area (Å²) in [6, 6.07) is 4.19. The van der Waals surface area contributed by atoms with Gasteiger partial charge in [-0.3, -0.25) is 0 Å². The van der Waals surface area contributed by atoms with E-state index < -0.39 is 0 Å². The van der Waals surface area contributed by atoms with E-state index in [0.29, 0.717) is 0 Å². The number of thiophene rings is 1. The highest BCUT2D eigenvalue weighted by Gasteiger charge is 2.03. The summed E-state index contributed by atoms with van der Waals surface area (Å²) in [6.45, 7) is 0. The lowest BCUT2D eigenvalue weighted by molar-refractivity contribution is 1.17. The van der Waals surface area contributed by atoms with Gasteiger partial charge in [0.05, 0.1) is 4.88 Å². The van der Waals surface area contributed by atoms with Gasteiger partial charge in [-0.15, -0.1) is 16.4 Å². The Morgan fingerprint density at radius 2 is 2.33 bits per heavy atom. The molecule has 2 heterocycles. The van der Waals surface area contributed by atoms with Crippen LogP contribution < -0.4 is 0 Å². The van der Waals surface area contributed by atoms with Gasteiger partial charge in [0.2, 0.25) is 0 Å². The van der Waals surface area contributed by atoms with Gasteiger partial charge in [0, 0.05) is 15.6 Å². The minimum Gasteiger partial charge on any atom is -0.138 e. The van der Waals surface area contributed by atoms with Crippen molar-refractivity contribution in [2.45, 2.75) is 5.33 Å². The molecule has 0 fully saturated rings. The van der Waals surface area contributed by atoms with Crippen LogP contribution in [0.5, 0.6) is 0 Å². The van der Waals surface area contributed by atoms with E-state index in [1.54, 1.807) is 11.3 Å². The van der Waals surface area contributed by atoms with Crippen LogP contribution in [0.25, 0.3) is 10.6 Å². The summed E-state index contributed by atoms with van der Waals surface area (Å²) in [5.41, 5.74) is 0.984. The minimum atomic E-state index is 0.912. The molecule has 0 radical (unpaired) electrons. The van der Waals surface area contributed by atoms with Crippen molar-refractivity contribution in [3.8, 4) is 10.6 Å². The number of alkyl halides is 1. The summed E-state index contributed by atoms with van der Waals surface area (Å²) in [5, 5.41) is 6.87. The van der Waals surface area contributed by atoms with Gasteiger partial charge in [-0.1, -0.05) is 20.4 Å². The number of nitrogens with zero attached hydrogens (tertiary/aromatic N) is 2. The van der Waals surface area contributed by atoms with E-state index in [0.717, 1.165) is 11.0 Å². The molecule has 0 amide bonds. The van der Waals surface area contributed by atoms with Crippen LogP contribution in [0.1, 0.15) is 4.88 Å². The van der Waals surface area contributed by atoms with E-state index in [9.17, 15) is 0 Å². The Morgan fingerprint density at radius 1 is 1.42 bits per heavy atom. The lowest BCUT2D eigenvalue weighted by atomic mass is 10.4. The first-order chi connectivity index (χ1) is 5.90. The number of halogens is 1. The maximum absolute atomic E-state index is 4.00. The molecule has 0 aliphatic carbocycles. The topological polar surface area (TPSA) is 25.8 Å². The quantitative estimate of drug-likeness (QED) is 0.776. The van der Waals surface area contributed by atoms with Crippen molar-refractivity contribution in [2.75, 3.05) is 0 Å². The molecule has 0 aliphatic rings. The Kier molecular flexibility index (Phi) is 2.53. The zero-order chi connectivity index (χ0) is 8.39. The fourth-order valence-corrected chi connectivity index (χ4v) is 2.73. The van der Waals surface area contributed by atoms with Gasteiger partial charge in [-0.05, 0) is 23.7 Å². The number of hydrogen-bond acceptors (Lipinski definition) is 4. The van der Waals surface area contributed by atoms with Gasteiger partial charge in [0.25, 0.3) is 0 Å². The zero-order valence-corrected chi connectivity index (χ0v) is 9.25. The number of aromatic nitrogens is 2. The SMILES string of the molecule is BrCc1ccc(-c2csnn2)s1. The molecule has 2 aromatic heterocycles. The summed E-state index contributed by atoms with van der Waals surface area (Å²) in [7, 11) is 0. The first kappa shape index (κ1) is 8.34. The third-order valence-electron chi connectivity index (χ3n) is 1.41. The molecule has 0 unspecified atom stereocenters. The van der Waals surface area contributed by atoms with E-state index in [-0.39, 0.29) is 0 Å². The van der Waals surface area contributed by atoms with E-state index >= 15 is 0 Å². The normalized spacial score (nSPS) is 10.4.